The smallest absolute Gasteiger partial charge is 0.280 e. The second-order valence-corrected chi connectivity index (χ2v) is 8.04. The number of amides is 2. The second kappa shape index (κ2) is 9.03. The van der Waals surface area contributed by atoms with Crippen LogP contribution in [0.2, 0.25) is 0 Å². The summed E-state index contributed by atoms with van der Waals surface area (Å²) < 4.78 is 5.76. The molecule has 0 spiro atoms. The summed E-state index contributed by atoms with van der Waals surface area (Å²) in [7, 11) is 3.14. The van der Waals surface area contributed by atoms with Gasteiger partial charge in [-0.2, -0.15) is 0 Å². The van der Waals surface area contributed by atoms with Gasteiger partial charge in [-0.05, 0) is 23.8 Å². The molecule has 32 heavy (non-hydrogen) atoms. The molecule has 0 atom stereocenters. The molecule has 8 nitrogen and oxygen atoms in total. The number of thiazole rings is 1. The summed E-state index contributed by atoms with van der Waals surface area (Å²) in [6.45, 7) is 0.499. The molecule has 0 aliphatic carbocycles. The van der Waals surface area contributed by atoms with Gasteiger partial charge in [0.05, 0.1) is 17.3 Å². The van der Waals surface area contributed by atoms with Crippen LogP contribution >= 0.6 is 11.3 Å². The number of aromatic hydroxyl groups is 1. The zero-order chi connectivity index (χ0) is 22.7. The number of nitrogens with one attached hydrogen (secondary N) is 1. The van der Waals surface area contributed by atoms with Gasteiger partial charge in [-0.3, -0.25) is 14.9 Å². The van der Waals surface area contributed by atoms with Crippen LogP contribution in [-0.2, 0) is 6.54 Å². The molecule has 2 N–H and O–H groups in total. The predicted octanol–water partition coefficient (Wildman–Crippen LogP) is 3.93. The molecule has 0 aliphatic rings. The highest BCUT2D eigenvalue weighted by Gasteiger charge is 2.19. The van der Waals surface area contributed by atoms with Gasteiger partial charge in [-0.25, -0.2) is 9.97 Å². The first-order chi connectivity index (χ1) is 15.5. The topological polar surface area (TPSA) is 105 Å². The van der Waals surface area contributed by atoms with Crippen LogP contribution in [0.3, 0.4) is 0 Å². The molecule has 2 amide bonds. The molecule has 0 saturated heterocycles. The van der Waals surface area contributed by atoms with Gasteiger partial charge in [0.15, 0.2) is 22.3 Å². The van der Waals surface area contributed by atoms with Gasteiger partial charge in [0.2, 0.25) is 0 Å². The van der Waals surface area contributed by atoms with E-state index < -0.39 is 5.91 Å². The van der Waals surface area contributed by atoms with Crippen LogP contribution in [0.1, 0.15) is 26.4 Å². The molecule has 2 aromatic heterocycles. The summed E-state index contributed by atoms with van der Waals surface area (Å²) in [5.41, 5.74) is 2.06. The molecule has 9 heteroatoms. The molecule has 162 valence electrons. The summed E-state index contributed by atoms with van der Waals surface area (Å²) in [5, 5.41) is 13.1. The molecule has 0 radical (unpaired) electrons. The Labute approximate surface area is 188 Å². The van der Waals surface area contributed by atoms with Crippen LogP contribution in [0.25, 0.3) is 10.2 Å². The maximum atomic E-state index is 12.9. The van der Waals surface area contributed by atoms with E-state index >= 15 is 0 Å². The Balaban J connectivity index is 1.52. The highest BCUT2D eigenvalue weighted by atomic mass is 32.1. The van der Waals surface area contributed by atoms with E-state index in [4.69, 9.17) is 4.74 Å². The first-order valence-corrected chi connectivity index (χ1v) is 10.5. The Hall–Kier alpha value is -3.98. The number of hydrogen-bond donors (Lipinski definition) is 2. The third-order valence-electron chi connectivity index (χ3n) is 4.79. The minimum absolute atomic E-state index is 0.111. The van der Waals surface area contributed by atoms with Gasteiger partial charge >= 0.3 is 0 Å². The number of hydrogen-bond acceptors (Lipinski definition) is 7. The number of nitrogens with zero attached hydrogens (tertiary/aromatic N) is 3. The number of ether oxygens (including phenoxy) is 1. The van der Waals surface area contributed by atoms with Crippen molar-refractivity contribution in [2.24, 2.45) is 0 Å². The zero-order valence-electron chi connectivity index (χ0n) is 17.4. The second-order valence-electron chi connectivity index (χ2n) is 7.01. The predicted molar refractivity (Wildman–Crippen MR) is 122 cm³/mol. The molecular weight excluding hydrogens is 428 g/mol. The molecule has 4 aromatic rings. The van der Waals surface area contributed by atoms with E-state index in [1.165, 1.54) is 30.7 Å². The first-order valence-electron chi connectivity index (χ1n) is 9.69. The van der Waals surface area contributed by atoms with Crippen LogP contribution in [0.15, 0.2) is 60.8 Å². The summed E-state index contributed by atoms with van der Waals surface area (Å²) in [6, 6.07) is 16.4. The number of rotatable bonds is 6. The maximum Gasteiger partial charge on any atom is 0.280 e. The molecule has 0 saturated carbocycles. The van der Waals surface area contributed by atoms with E-state index in [0.717, 1.165) is 10.3 Å². The van der Waals surface area contributed by atoms with E-state index in [9.17, 15) is 14.7 Å². The molecule has 0 aliphatic heterocycles. The molecule has 0 unspecified atom stereocenters. The summed E-state index contributed by atoms with van der Waals surface area (Å²) in [4.78, 5) is 35.3. The van der Waals surface area contributed by atoms with Crippen LogP contribution in [0.4, 0.5) is 5.13 Å². The summed E-state index contributed by atoms with van der Waals surface area (Å²) >= 11 is 1.23. The monoisotopic (exact) mass is 448 g/mol. The fraction of sp³-hybridized carbons (Fsp3) is 0.130. The van der Waals surface area contributed by atoms with Crippen molar-refractivity contribution in [3.05, 3.63) is 77.6 Å². The van der Waals surface area contributed by atoms with Crippen molar-refractivity contribution in [1.29, 1.82) is 0 Å². The Morgan fingerprint density at radius 1 is 1.16 bits per heavy atom. The Morgan fingerprint density at radius 3 is 2.69 bits per heavy atom. The molecule has 0 fully saturated rings. The van der Waals surface area contributed by atoms with Crippen molar-refractivity contribution in [3.8, 4) is 11.5 Å². The lowest BCUT2D eigenvalue weighted by Crippen LogP contribution is -2.26. The third kappa shape index (κ3) is 4.37. The number of methoxy groups -OCH3 is 1. The Kier molecular flexibility index (Phi) is 6.00. The SMILES string of the molecule is COc1ccnc(C(=O)Nc2nc3ccc(C(=O)N(C)Cc4ccccc4)cc3s2)c1O. The summed E-state index contributed by atoms with van der Waals surface area (Å²) in [5.74, 6) is -0.917. The van der Waals surface area contributed by atoms with Crippen LogP contribution in [0.5, 0.6) is 11.5 Å². The quantitative estimate of drug-likeness (QED) is 0.463. The minimum Gasteiger partial charge on any atom is -0.503 e. The molecular formula is C23H20N4O4S. The standard InChI is InChI=1S/C23H20N4O4S/c1-27(13-14-6-4-3-5-7-14)22(30)15-8-9-16-18(12-15)32-23(25-16)26-21(29)19-20(28)17(31-2)10-11-24-19/h3-12,28H,13H2,1-2H3,(H,25,26,29). The van der Waals surface area contributed by atoms with Crippen molar-refractivity contribution in [3.63, 3.8) is 0 Å². The van der Waals surface area contributed by atoms with Crippen LogP contribution in [-0.4, -0.2) is 45.9 Å². The number of carbonyl (C=O) groups excluding carboxylic acids is 2. The Bertz CT molecular complexity index is 1290. The number of aromatic nitrogens is 2. The van der Waals surface area contributed by atoms with Crippen molar-refractivity contribution < 1.29 is 19.4 Å². The largest absolute Gasteiger partial charge is 0.503 e. The summed E-state index contributed by atoms with van der Waals surface area (Å²) in [6.07, 6.45) is 1.37. The van der Waals surface area contributed by atoms with Gasteiger partial charge in [0.25, 0.3) is 11.8 Å². The molecule has 2 aromatic carbocycles. The lowest BCUT2D eigenvalue weighted by Gasteiger charge is -2.17. The zero-order valence-corrected chi connectivity index (χ0v) is 18.2. The molecule has 4 rings (SSSR count). The highest BCUT2D eigenvalue weighted by Crippen LogP contribution is 2.30. The van der Waals surface area contributed by atoms with Gasteiger partial charge < -0.3 is 14.7 Å². The maximum absolute atomic E-state index is 12.9. The van der Waals surface area contributed by atoms with Gasteiger partial charge in [-0.1, -0.05) is 41.7 Å². The molecule has 2 heterocycles. The number of pyridine rings is 1. The molecule has 0 bridgehead atoms. The van der Waals surface area contributed by atoms with Crippen molar-refractivity contribution in [2.45, 2.75) is 6.54 Å². The third-order valence-corrected chi connectivity index (χ3v) is 5.72. The van der Waals surface area contributed by atoms with E-state index in [1.54, 1.807) is 30.1 Å². The number of anilines is 1. The van der Waals surface area contributed by atoms with Crippen molar-refractivity contribution in [1.82, 2.24) is 14.9 Å². The van der Waals surface area contributed by atoms with E-state index in [2.05, 4.69) is 15.3 Å². The number of benzene rings is 2. The normalized spacial score (nSPS) is 10.7. The lowest BCUT2D eigenvalue weighted by atomic mass is 10.1. The van der Waals surface area contributed by atoms with Crippen LogP contribution in [0, 0.1) is 0 Å². The average Bonchev–Trinajstić information content (AvgIpc) is 3.20. The van der Waals surface area contributed by atoms with Gasteiger partial charge in [0.1, 0.15) is 0 Å². The average molecular weight is 449 g/mol. The minimum atomic E-state index is -0.612. The lowest BCUT2D eigenvalue weighted by molar-refractivity contribution is 0.0785. The Morgan fingerprint density at radius 2 is 1.94 bits per heavy atom. The van der Waals surface area contributed by atoms with Crippen molar-refractivity contribution >= 4 is 38.5 Å². The van der Waals surface area contributed by atoms with Crippen LogP contribution < -0.4 is 10.1 Å². The van der Waals surface area contributed by atoms with Gasteiger partial charge in [-0.15, -0.1) is 0 Å². The number of fused-ring (bicyclic) bond motifs is 1. The first kappa shape index (κ1) is 21.3. The van der Waals surface area contributed by atoms with Gasteiger partial charge in [0, 0.05) is 31.4 Å². The fourth-order valence-corrected chi connectivity index (χ4v) is 4.08. The number of carbonyl (C=O) groups is 2. The fourth-order valence-electron chi connectivity index (χ4n) is 3.18. The van der Waals surface area contributed by atoms with E-state index in [0.29, 0.717) is 22.8 Å². The van der Waals surface area contributed by atoms with E-state index in [1.807, 2.05) is 30.3 Å². The van der Waals surface area contributed by atoms with E-state index in [-0.39, 0.29) is 23.1 Å². The van der Waals surface area contributed by atoms with Crippen molar-refractivity contribution in [2.75, 3.05) is 19.5 Å². The highest BCUT2D eigenvalue weighted by molar-refractivity contribution is 7.22.